The van der Waals surface area contributed by atoms with Crippen molar-refractivity contribution in [2.75, 3.05) is 23.9 Å². The lowest BCUT2D eigenvalue weighted by molar-refractivity contribution is 0.214. The molecular formula is C13H20N2O3S. The van der Waals surface area contributed by atoms with E-state index in [1.165, 1.54) is 6.07 Å². The summed E-state index contributed by atoms with van der Waals surface area (Å²) in [4.78, 5) is 0.128. The van der Waals surface area contributed by atoms with Crippen molar-refractivity contribution in [3.8, 4) is 0 Å². The Labute approximate surface area is 113 Å². The Bertz CT molecular complexity index is 563. The molecule has 1 aromatic carbocycles. The first-order valence-corrected chi connectivity index (χ1v) is 8.25. The van der Waals surface area contributed by atoms with Crippen molar-refractivity contribution in [2.45, 2.75) is 36.1 Å². The summed E-state index contributed by atoms with van der Waals surface area (Å²) in [5.41, 5.74) is 6.38. The third-order valence-electron chi connectivity index (χ3n) is 3.73. The molecule has 0 saturated heterocycles. The average Bonchev–Trinajstić information content (AvgIpc) is 2.80. The molecular weight excluding hydrogens is 264 g/mol. The highest BCUT2D eigenvalue weighted by atomic mass is 32.2. The van der Waals surface area contributed by atoms with Gasteiger partial charge in [-0.3, -0.25) is 0 Å². The van der Waals surface area contributed by atoms with Crippen LogP contribution in [-0.4, -0.2) is 31.9 Å². The average molecular weight is 284 g/mol. The van der Waals surface area contributed by atoms with Crippen LogP contribution in [0.1, 0.15) is 25.7 Å². The summed E-state index contributed by atoms with van der Waals surface area (Å²) >= 11 is 0. The Balaban J connectivity index is 2.36. The van der Waals surface area contributed by atoms with Crippen LogP contribution in [0.25, 0.3) is 0 Å². The zero-order valence-corrected chi connectivity index (χ0v) is 11.8. The van der Waals surface area contributed by atoms with Gasteiger partial charge in [-0.2, -0.15) is 0 Å². The van der Waals surface area contributed by atoms with E-state index in [0.717, 1.165) is 31.9 Å². The van der Waals surface area contributed by atoms with Gasteiger partial charge in [0, 0.05) is 6.26 Å². The molecule has 0 atom stereocenters. The van der Waals surface area contributed by atoms with E-state index in [9.17, 15) is 13.5 Å². The molecule has 1 aromatic rings. The van der Waals surface area contributed by atoms with E-state index in [-0.39, 0.29) is 22.7 Å². The van der Waals surface area contributed by atoms with Crippen molar-refractivity contribution >= 4 is 21.2 Å². The normalized spacial score (nSPS) is 18.4. The Morgan fingerprint density at radius 3 is 2.53 bits per heavy atom. The van der Waals surface area contributed by atoms with Crippen LogP contribution in [0.2, 0.25) is 0 Å². The van der Waals surface area contributed by atoms with Crippen LogP contribution < -0.4 is 11.1 Å². The number of nitrogens with one attached hydrogen (secondary N) is 1. The van der Waals surface area contributed by atoms with E-state index in [0.29, 0.717) is 5.69 Å². The Kier molecular flexibility index (Phi) is 3.73. The molecule has 0 amide bonds. The molecule has 1 saturated carbocycles. The van der Waals surface area contributed by atoms with Crippen molar-refractivity contribution in [2.24, 2.45) is 0 Å². The first-order chi connectivity index (χ1) is 8.88. The van der Waals surface area contributed by atoms with Gasteiger partial charge in [-0.05, 0) is 25.0 Å². The van der Waals surface area contributed by atoms with Crippen molar-refractivity contribution in [3.05, 3.63) is 18.2 Å². The summed E-state index contributed by atoms with van der Waals surface area (Å²) in [6, 6.07) is 4.91. The van der Waals surface area contributed by atoms with E-state index in [4.69, 9.17) is 5.73 Å². The molecule has 1 aliphatic rings. The second kappa shape index (κ2) is 5.02. The third-order valence-corrected chi connectivity index (χ3v) is 4.88. The van der Waals surface area contributed by atoms with Gasteiger partial charge < -0.3 is 16.2 Å². The fourth-order valence-electron chi connectivity index (χ4n) is 2.64. The molecule has 19 heavy (non-hydrogen) atoms. The summed E-state index contributed by atoms with van der Waals surface area (Å²) in [6.07, 6.45) is 4.98. The van der Waals surface area contributed by atoms with Gasteiger partial charge in [0.2, 0.25) is 0 Å². The van der Waals surface area contributed by atoms with Crippen LogP contribution in [-0.2, 0) is 9.84 Å². The molecule has 0 spiro atoms. The topological polar surface area (TPSA) is 92.4 Å². The zero-order chi connectivity index (χ0) is 14.1. The molecule has 4 N–H and O–H groups in total. The maximum Gasteiger partial charge on any atom is 0.177 e. The van der Waals surface area contributed by atoms with Crippen LogP contribution in [0.4, 0.5) is 11.4 Å². The Morgan fingerprint density at radius 1 is 1.37 bits per heavy atom. The van der Waals surface area contributed by atoms with Gasteiger partial charge in [-0.25, -0.2) is 8.42 Å². The SMILES string of the molecule is CS(=O)(=O)c1cccc(NC2(CO)CCCC2)c1N. The van der Waals surface area contributed by atoms with Crippen LogP contribution in [0, 0.1) is 0 Å². The van der Waals surface area contributed by atoms with E-state index < -0.39 is 9.84 Å². The highest BCUT2D eigenvalue weighted by molar-refractivity contribution is 7.90. The molecule has 5 nitrogen and oxygen atoms in total. The van der Waals surface area contributed by atoms with Crippen molar-refractivity contribution in [1.29, 1.82) is 0 Å². The number of hydrogen-bond donors (Lipinski definition) is 3. The monoisotopic (exact) mass is 284 g/mol. The molecule has 0 aliphatic heterocycles. The minimum absolute atomic E-state index is 0.0234. The van der Waals surface area contributed by atoms with Crippen LogP contribution in [0.5, 0.6) is 0 Å². The number of aliphatic hydroxyl groups is 1. The molecule has 0 aromatic heterocycles. The number of rotatable bonds is 4. The predicted octanol–water partition coefficient (Wildman–Crippen LogP) is 1.39. The van der Waals surface area contributed by atoms with Gasteiger partial charge >= 0.3 is 0 Å². The highest BCUT2D eigenvalue weighted by Crippen LogP contribution is 2.36. The number of hydrogen-bond acceptors (Lipinski definition) is 5. The van der Waals surface area contributed by atoms with E-state index in [1.54, 1.807) is 12.1 Å². The molecule has 1 fully saturated rings. The fraction of sp³-hybridized carbons (Fsp3) is 0.538. The number of sulfone groups is 1. The van der Waals surface area contributed by atoms with E-state index in [2.05, 4.69) is 5.32 Å². The number of aliphatic hydroxyl groups excluding tert-OH is 1. The van der Waals surface area contributed by atoms with E-state index >= 15 is 0 Å². The van der Waals surface area contributed by atoms with Crippen molar-refractivity contribution in [1.82, 2.24) is 0 Å². The lowest BCUT2D eigenvalue weighted by Crippen LogP contribution is -2.39. The third kappa shape index (κ3) is 2.84. The number of nitrogens with two attached hydrogens (primary N) is 1. The largest absolute Gasteiger partial charge is 0.396 e. The van der Waals surface area contributed by atoms with Crippen molar-refractivity contribution < 1.29 is 13.5 Å². The summed E-state index contributed by atoms with van der Waals surface area (Å²) in [7, 11) is -3.34. The molecule has 6 heteroatoms. The number of anilines is 2. The second-order valence-corrected chi connectivity index (χ2v) is 7.24. The maximum absolute atomic E-state index is 11.6. The smallest absolute Gasteiger partial charge is 0.177 e. The minimum Gasteiger partial charge on any atom is -0.396 e. The molecule has 0 bridgehead atoms. The number of nitrogen functional groups attached to an aromatic ring is 1. The number of para-hydroxylation sites is 1. The summed E-state index contributed by atoms with van der Waals surface area (Å²) in [5, 5.41) is 12.8. The quantitative estimate of drug-likeness (QED) is 0.727. The maximum atomic E-state index is 11.6. The Hall–Kier alpha value is -1.27. The van der Waals surface area contributed by atoms with E-state index in [1.807, 2.05) is 0 Å². The van der Waals surface area contributed by atoms with Crippen LogP contribution >= 0.6 is 0 Å². The summed E-state index contributed by atoms with van der Waals surface area (Å²) in [5.74, 6) is 0. The van der Waals surface area contributed by atoms with Gasteiger partial charge in [0.05, 0.1) is 28.4 Å². The summed E-state index contributed by atoms with van der Waals surface area (Å²) < 4.78 is 23.3. The highest BCUT2D eigenvalue weighted by Gasteiger charge is 2.33. The summed E-state index contributed by atoms with van der Waals surface area (Å²) in [6.45, 7) is 0.0234. The second-order valence-electron chi connectivity index (χ2n) is 5.26. The molecule has 1 aliphatic carbocycles. The van der Waals surface area contributed by atoms with Crippen LogP contribution in [0.3, 0.4) is 0 Å². The zero-order valence-electron chi connectivity index (χ0n) is 11.0. The fourth-order valence-corrected chi connectivity index (χ4v) is 3.47. The van der Waals surface area contributed by atoms with Gasteiger partial charge in [-0.15, -0.1) is 0 Å². The lowest BCUT2D eigenvalue weighted by Gasteiger charge is -2.30. The lowest BCUT2D eigenvalue weighted by atomic mass is 9.98. The minimum atomic E-state index is -3.34. The van der Waals surface area contributed by atoms with Crippen molar-refractivity contribution in [3.63, 3.8) is 0 Å². The molecule has 0 radical (unpaired) electrons. The van der Waals surface area contributed by atoms with Crippen LogP contribution in [0.15, 0.2) is 23.1 Å². The van der Waals surface area contributed by atoms with Gasteiger partial charge in [0.1, 0.15) is 0 Å². The Morgan fingerprint density at radius 2 is 2.00 bits per heavy atom. The first-order valence-electron chi connectivity index (χ1n) is 6.36. The first kappa shape index (κ1) is 14.1. The molecule has 0 unspecified atom stereocenters. The molecule has 106 valence electrons. The number of benzene rings is 1. The molecule has 0 heterocycles. The standard InChI is InChI=1S/C13H20N2O3S/c1-19(17,18)11-6-4-5-10(12(11)14)15-13(9-16)7-2-3-8-13/h4-6,15-16H,2-3,7-9,14H2,1H3. The predicted molar refractivity (Wildman–Crippen MR) is 75.9 cm³/mol. The molecule has 2 rings (SSSR count). The van der Waals surface area contributed by atoms with Gasteiger partial charge in [0.15, 0.2) is 9.84 Å². The van der Waals surface area contributed by atoms with Gasteiger partial charge in [0.25, 0.3) is 0 Å². The van der Waals surface area contributed by atoms with Gasteiger partial charge in [-0.1, -0.05) is 18.9 Å².